The van der Waals surface area contributed by atoms with Gasteiger partial charge in [0, 0.05) is 18.5 Å². The first-order valence-corrected chi connectivity index (χ1v) is 6.56. The van der Waals surface area contributed by atoms with Crippen LogP contribution in [-0.4, -0.2) is 26.8 Å². The monoisotopic (exact) mass is 245 g/mol. The van der Waals surface area contributed by atoms with E-state index >= 15 is 0 Å². The predicted molar refractivity (Wildman–Crippen MR) is 71.3 cm³/mol. The van der Waals surface area contributed by atoms with Crippen molar-refractivity contribution in [3.8, 4) is 0 Å². The highest BCUT2D eigenvalue weighted by Gasteiger charge is 2.34. The third kappa shape index (κ3) is 1.91. The Kier molecular flexibility index (Phi) is 2.84. The molecule has 0 unspecified atom stereocenters. The molecule has 1 saturated carbocycles. The summed E-state index contributed by atoms with van der Waals surface area (Å²) < 4.78 is 2.10. The second-order valence-corrected chi connectivity index (χ2v) is 5.28. The second-order valence-electron chi connectivity index (χ2n) is 5.28. The first-order chi connectivity index (χ1) is 8.72. The van der Waals surface area contributed by atoms with Gasteiger partial charge in [0.05, 0.1) is 17.6 Å². The van der Waals surface area contributed by atoms with Crippen molar-refractivity contribution in [1.82, 2.24) is 9.55 Å². The molecule has 3 rings (SSSR count). The van der Waals surface area contributed by atoms with Crippen LogP contribution < -0.4 is 5.73 Å². The van der Waals surface area contributed by atoms with Crippen molar-refractivity contribution in [3.05, 3.63) is 30.1 Å². The standard InChI is InChI=1S/C14H19N3O/c15-14(6-3-7-14)10-13-16-11-4-1-2-5-12(11)17(13)8-9-18/h1-2,4-5,18H,3,6-10,15H2. The van der Waals surface area contributed by atoms with E-state index in [9.17, 15) is 5.11 Å². The molecule has 0 bridgehead atoms. The van der Waals surface area contributed by atoms with Crippen LogP contribution in [0.25, 0.3) is 11.0 Å². The quantitative estimate of drug-likeness (QED) is 0.857. The number of aromatic nitrogens is 2. The Morgan fingerprint density at radius 1 is 1.33 bits per heavy atom. The van der Waals surface area contributed by atoms with Gasteiger partial charge in [0.2, 0.25) is 0 Å². The van der Waals surface area contributed by atoms with Crippen LogP contribution in [0.1, 0.15) is 25.1 Å². The third-order valence-corrected chi connectivity index (χ3v) is 3.92. The second kappa shape index (κ2) is 4.37. The van der Waals surface area contributed by atoms with Crippen LogP contribution in [0.3, 0.4) is 0 Å². The molecule has 3 N–H and O–H groups in total. The Bertz CT molecular complexity index is 557. The SMILES string of the molecule is NC1(Cc2nc3ccccc3n2CCO)CCC1. The van der Waals surface area contributed by atoms with Crippen molar-refractivity contribution in [2.45, 2.75) is 37.8 Å². The number of para-hydroxylation sites is 2. The average Bonchev–Trinajstić information content (AvgIpc) is 2.66. The Hall–Kier alpha value is -1.39. The Morgan fingerprint density at radius 2 is 2.11 bits per heavy atom. The van der Waals surface area contributed by atoms with E-state index in [1.54, 1.807) is 0 Å². The summed E-state index contributed by atoms with van der Waals surface area (Å²) in [7, 11) is 0. The number of nitrogens with two attached hydrogens (primary N) is 1. The molecule has 18 heavy (non-hydrogen) atoms. The summed E-state index contributed by atoms with van der Waals surface area (Å²) in [5.74, 6) is 1.01. The van der Waals surface area contributed by atoms with Crippen molar-refractivity contribution < 1.29 is 5.11 Å². The van der Waals surface area contributed by atoms with Gasteiger partial charge in [-0.25, -0.2) is 4.98 Å². The van der Waals surface area contributed by atoms with Crippen LogP contribution >= 0.6 is 0 Å². The number of rotatable bonds is 4. The largest absolute Gasteiger partial charge is 0.395 e. The zero-order chi connectivity index (χ0) is 12.6. The fourth-order valence-electron chi connectivity index (χ4n) is 2.73. The van der Waals surface area contributed by atoms with E-state index < -0.39 is 0 Å². The van der Waals surface area contributed by atoms with Gasteiger partial charge in [0.25, 0.3) is 0 Å². The maximum atomic E-state index is 9.21. The maximum Gasteiger partial charge on any atom is 0.111 e. The number of fused-ring (bicyclic) bond motifs is 1. The molecule has 2 aromatic rings. The molecule has 1 aromatic carbocycles. The minimum Gasteiger partial charge on any atom is -0.395 e. The zero-order valence-electron chi connectivity index (χ0n) is 10.5. The summed E-state index contributed by atoms with van der Waals surface area (Å²) in [6.07, 6.45) is 4.18. The summed E-state index contributed by atoms with van der Waals surface area (Å²) in [4.78, 5) is 4.67. The molecule has 0 atom stereocenters. The number of hydrogen-bond acceptors (Lipinski definition) is 3. The third-order valence-electron chi connectivity index (χ3n) is 3.92. The summed E-state index contributed by atoms with van der Waals surface area (Å²) in [6.45, 7) is 0.719. The zero-order valence-corrected chi connectivity index (χ0v) is 10.5. The lowest BCUT2D eigenvalue weighted by Crippen LogP contribution is -2.49. The van der Waals surface area contributed by atoms with E-state index in [0.29, 0.717) is 6.54 Å². The lowest BCUT2D eigenvalue weighted by atomic mass is 9.75. The first kappa shape index (κ1) is 11.7. The highest BCUT2D eigenvalue weighted by Crippen LogP contribution is 2.32. The van der Waals surface area contributed by atoms with Gasteiger partial charge < -0.3 is 15.4 Å². The smallest absolute Gasteiger partial charge is 0.111 e. The molecular formula is C14H19N3O. The van der Waals surface area contributed by atoms with E-state index in [-0.39, 0.29) is 12.1 Å². The molecule has 1 fully saturated rings. The first-order valence-electron chi connectivity index (χ1n) is 6.56. The van der Waals surface area contributed by atoms with E-state index in [2.05, 4.69) is 9.55 Å². The van der Waals surface area contributed by atoms with Crippen molar-refractivity contribution >= 4 is 11.0 Å². The van der Waals surface area contributed by atoms with Crippen LogP contribution in [0, 0.1) is 0 Å². The summed E-state index contributed by atoms with van der Waals surface area (Å²) >= 11 is 0. The molecule has 0 radical (unpaired) electrons. The maximum absolute atomic E-state index is 9.21. The lowest BCUT2D eigenvalue weighted by molar-refractivity contribution is 0.236. The van der Waals surface area contributed by atoms with Gasteiger partial charge >= 0.3 is 0 Å². The molecule has 1 aliphatic carbocycles. The number of nitrogens with zero attached hydrogens (tertiary/aromatic N) is 2. The Morgan fingerprint density at radius 3 is 2.78 bits per heavy atom. The van der Waals surface area contributed by atoms with Crippen LogP contribution in [0.4, 0.5) is 0 Å². The fourth-order valence-corrected chi connectivity index (χ4v) is 2.73. The minimum atomic E-state index is -0.0748. The van der Waals surface area contributed by atoms with Gasteiger partial charge in [0.15, 0.2) is 0 Å². The Balaban J connectivity index is 2.01. The van der Waals surface area contributed by atoms with Crippen molar-refractivity contribution in [2.75, 3.05) is 6.61 Å². The normalized spacial score (nSPS) is 17.9. The summed E-state index contributed by atoms with van der Waals surface area (Å²) in [6, 6.07) is 8.05. The van der Waals surface area contributed by atoms with Crippen LogP contribution in [0.5, 0.6) is 0 Å². The van der Waals surface area contributed by atoms with Crippen molar-refractivity contribution in [1.29, 1.82) is 0 Å². The van der Waals surface area contributed by atoms with Gasteiger partial charge in [-0.2, -0.15) is 0 Å². The van der Waals surface area contributed by atoms with E-state index in [4.69, 9.17) is 5.73 Å². The topological polar surface area (TPSA) is 64.1 Å². The van der Waals surface area contributed by atoms with Gasteiger partial charge in [0.1, 0.15) is 5.82 Å². The molecule has 1 heterocycles. The molecule has 0 saturated heterocycles. The number of benzene rings is 1. The summed E-state index contributed by atoms with van der Waals surface area (Å²) in [5.41, 5.74) is 8.31. The Labute approximate surface area is 106 Å². The van der Waals surface area contributed by atoms with Gasteiger partial charge in [-0.15, -0.1) is 0 Å². The van der Waals surface area contributed by atoms with Crippen LogP contribution in [-0.2, 0) is 13.0 Å². The summed E-state index contributed by atoms with van der Waals surface area (Å²) in [5, 5.41) is 9.21. The minimum absolute atomic E-state index is 0.0748. The van der Waals surface area contributed by atoms with Gasteiger partial charge in [-0.1, -0.05) is 12.1 Å². The fraction of sp³-hybridized carbons (Fsp3) is 0.500. The molecule has 0 aliphatic heterocycles. The molecule has 0 spiro atoms. The molecule has 1 aliphatic rings. The number of aliphatic hydroxyl groups excluding tert-OH is 1. The lowest BCUT2D eigenvalue weighted by Gasteiger charge is -2.37. The molecular weight excluding hydrogens is 226 g/mol. The van der Waals surface area contributed by atoms with E-state index in [1.165, 1.54) is 6.42 Å². The van der Waals surface area contributed by atoms with Gasteiger partial charge in [-0.3, -0.25) is 0 Å². The van der Waals surface area contributed by atoms with Crippen LogP contribution in [0.15, 0.2) is 24.3 Å². The number of hydrogen-bond donors (Lipinski definition) is 2. The molecule has 1 aromatic heterocycles. The molecule has 4 heteroatoms. The van der Waals surface area contributed by atoms with Crippen LogP contribution in [0.2, 0.25) is 0 Å². The molecule has 4 nitrogen and oxygen atoms in total. The highest BCUT2D eigenvalue weighted by molar-refractivity contribution is 5.75. The molecule has 0 amide bonds. The average molecular weight is 245 g/mol. The highest BCUT2D eigenvalue weighted by atomic mass is 16.3. The van der Waals surface area contributed by atoms with E-state index in [1.807, 2.05) is 24.3 Å². The predicted octanol–water partition coefficient (Wildman–Crippen LogP) is 1.45. The van der Waals surface area contributed by atoms with Crippen molar-refractivity contribution in [3.63, 3.8) is 0 Å². The van der Waals surface area contributed by atoms with E-state index in [0.717, 1.165) is 36.1 Å². The van der Waals surface area contributed by atoms with Gasteiger partial charge in [-0.05, 0) is 31.4 Å². The number of imidazole rings is 1. The molecule has 96 valence electrons. The number of aliphatic hydroxyl groups is 1. The van der Waals surface area contributed by atoms with Crippen molar-refractivity contribution in [2.24, 2.45) is 5.73 Å².